The van der Waals surface area contributed by atoms with E-state index in [9.17, 15) is 0 Å². The number of hydrogen-bond acceptors (Lipinski definition) is 2. The molecular weight excluding hydrogens is 195 g/mol. The molecule has 0 aliphatic carbocycles. The second-order valence-electron chi connectivity index (χ2n) is 2.60. The number of aryl methyl sites for hydroxylation is 1. The number of nitrogens with zero attached hydrogens (tertiary/aromatic N) is 2. The minimum atomic E-state index is 0.220. The maximum Gasteiger partial charge on any atom is 0.224 e. The van der Waals surface area contributed by atoms with Crippen molar-refractivity contribution >= 4 is 23.2 Å². The molecule has 1 rings (SSSR count). The molecule has 1 heterocycles. The predicted molar refractivity (Wildman–Crippen MR) is 50.8 cm³/mol. The van der Waals surface area contributed by atoms with Crippen LogP contribution in [0.2, 0.25) is 10.4 Å². The summed E-state index contributed by atoms with van der Waals surface area (Å²) in [5, 5.41) is 0.701. The van der Waals surface area contributed by atoms with E-state index in [1.54, 1.807) is 0 Å². The van der Waals surface area contributed by atoms with Crippen molar-refractivity contribution < 1.29 is 0 Å². The lowest BCUT2D eigenvalue weighted by Crippen LogP contribution is -1.97. The highest BCUT2D eigenvalue weighted by atomic mass is 35.5. The minimum absolute atomic E-state index is 0.220. The van der Waals surface area contributed by atoms with E-state index in [2.05, 4.69) is 16.9 Å². The lowest BCUT2D eigenvalue weighted by Gasteiger charge is -2.04. The van der Waals surface area contributed by atoms with Crippen molar-refractivity contribution in [2.45, 2.75) is 26.7 Å². The van der Waals surface area contributed by atoms with E-state index >= 15 is 0 Å². The highest BCUT2D eigenvalue weighted by Crippen LogP contribution is 2.19. The zero-order valence-corrected chi connectivity index (χ0v) is 8.58. The van der Waals surface area contributed by atoms with E-state index in [1.807, 2.05) is 6.92 Å². The Kier molecular flexibility index (Phi) is 3.29. The van der Waals surface area contributed by atoms with Crippen LogP contribution in [-0.4, -0.2) is 9.97 Å². The van der Waals surface area contributed by atoms with Gasteiger partial charge in [-0.1, -0.05) is 24.9 Å². The van der Waals surface area contributed by atoms with Crippen LogP contribution in [-0.2, 0) is 6.42 Å². The predicted octanol–water partition coefficient (Wildman–Crippen LogP) is 3.04. The van der Waals surface area contributed by atoms with Gasteiger partial charge in [-0.25, -0.2) is 9.97 Å². The van der Waals surface area contributed by atoms with Crippen LogP contribution in [0, 0.1) is 6.92 Å². The minimum Gasteiger partial charge on any atom is -0.223 e. The maximum absolute atomic E-state index is 5.88. The van der Waals surface area contributed by atoms with E-state index in [-0.39, 0.29) is 5.28 Å². The third-order valence-corrected chi connectivity index (χ3v) is 2.12. The zero-order valence-electron chi connectivity index (χ0n) is 7.06. The van der Waals surface area contributed by atoms with Crippen molar-refractivity contribution in [2.75, 3.05) is 0 Å². The molecule has 1 aromatic heterocycles. The zero-order chi connectivity index (χ0) is 9.14. The molecule has 0 unspecified atom stereocenters. The van der Waals surface area contributed by atoms with E-state index in [0.29, 0.717) is 5.15 Å². The van der Waals surface area contributed by atoms with Crippen molar-refractivity contribution in [1.29, 1.82) is 0 Å². The first-order valence-electron chi connectivity index (χ1n) is 3.83. The first-order chi connectivity index (χ1) is 5.65. The first-order valence-corrected chi connectivity index (χ1v) is 4.59. The molecule has 0 spiro atoms. The number of aromatic nitrogens is 2. The third kappa shape index (κ3) is 2.08. The topological polar surface area (TPSA) is 25.8 Å². The molecule has 0 atom stereocenters. The molecule has 66 valence electrons. The average molecular weight is 205 g/mol. The van der Waals surface area contributed by atoms with Gasteiger partial charge < -0.3 is 0 Å². The Hall–Kier alpha value is -0.340. The summed E-state index contributed by atoms with van der Waals surface area (Å²) in [6.45, 7) is 3.98. The SMILES string of the molecule is CCCc1c(C)nc(Cl)nc1Cl. The standard InChI is InChI=1S/C8H10Cl2N2/c1-3-4-6-5(2)11-8(10)12-7(6)9/h3-4H2,1-2H3. The summed E-state index contributed by atoms with van der Waals surface area (Å²) in [6.07, 6.45) is 1.94. The Morgan fingerprint density at radius 3 is 2.42 bits per heavy atom. The summed E-state index contributed by atoms with van der Waals surface area (Å²) in [5.41, 5.74) is 1.88. The summed E-state index contributed by atoms with van der Waals surface area (Å²) in [5.74, 6) is 0. The molecule has 12 heavy (non-hydrogen) atoms. The molecule has 4 heteroatoms. The Morgan fingerprint density at radius 2 is 1.92 bits per heavy atom. The van der Waals surface area contributed by atoms with E-state index in [0.717, 1.165) is 24.1 Å². The van der Waals surface area contributed by atoms with Crippen LogP contribution in [0.25, 0.3) is 0 Å². The molecule has 0 aromatic carbocycles. The Balaban J connectivity index is 3.10. The van der Waals surface area contributed by atoms with Gasteiger partial charge in [0.05, 0.1) is 0 Å². The fourth-order valence-corrected chi connectivity index (χ4v) is 1.63. The summed E-state index contributed by atoms with van der Waals surface area (Å²) >= 11 is 11.5. The van der Waals surface area contributed by atoms with Crippen LogP contribution in [0.15, 0.2) is 0 Å². The number of halogens is 2. The van der Waals surface area contributed by atoms with Gasteiger partial charge in [-0.15, -0.1) is 0 Å². The molecule has 0 aliphatic heterocycles. The van der Waals surface area contributed by atoms with Crippen LogP contribution in [0.4, 0.5) is 0 Å². The first kappa shape index (κ1) is 9.75. The van der Waals surface area contributed by atoms with Crippen molar-refractivity contribution in [3.05, 3.63) is 21.7 Å². The fraction of sp³-hybridized carbons (Fsp3) is 0.500. The van der Waals surface area contributed by atoms with Gasteiger partial charge in [-0.2, -0.15) is 0 Å². The molecule has 2 nitrogen and oxygen atoms in total. The fourth-order valence-electron chi connectivity index (χ4n) is 1.06. The van der Waals surface area contributed by atoms with Crippen LogP contribution in [0.3, 0.4) is 0 Å². The molecule has 0 saturated heterocycles. The Morgan fingerprint density at radius 1 is 1.25 bits per heavy atom. The van der Waals surface area contributed by atoms with Crippen LogP contribution in [0.5, 0.6) is 0 Å². The highest BCUT2D eigenvalue weighted by molar-refractivity contribution is 6.32. The van der Waals surface area contributed by atoms with Gasteiger partial charge in [-0.3, -0.25) is 0 Å². The van der Waals surface area contributed by atoms with E-state index in [1.165, 1.54) is 0 Å². The lowest BCUT2D eigenvalue weighted by atomic mass is 10.1. The van der Waals surface area contributed by atoms with Crippen molar-refractivity contribution in [1.82, 2.24) is 9.97 Å². The van der Waals surface area contributed by atoms with Gasteiger partial charge in [0.15, 0.2) is 0 Å². The molecule has 0 amide bonds. The van der Waals surface area contributed by atoms with Gasteiger partial charge >= 0.3 is 0 Å². The molecule has 0 radical (unpaired) electrons. The van der Waals surface area contributed by atoms with Crippen LogP contribution in [0.1, 0.15) is 24.6 Å². The van der Waals surface area contributed by atoms with Crippen molar-refractivity contribution in [2.24, 2.45) is 0 Å². The van der Waals surface area contributed by atoms with Gasteiger partial charge in [0.2, 0.25) is 5.28 Å². The van der Waals surface area contributed by atoms with Gasteiger partial charge in [0, 0.05) is 11.3 Å². The molecule has 1 aromatic rings. The molecule has 0 saturated carbocycles. The summed E-state index contributed by atoms with van der Waals surface area (Å²) < 4.78 is 0. The second kappa shape index (κ2) is 4.06. The van der Waals surface area contributed by atoms with Gasteiger partial charge in [0.25, 0.3) is 0 Å². The van der Waals surface area contributed by atoms with Gasteiger partial charge in [0.1, 0.15) is 5.15 Å². The van der Waals surface area contributed by atoms with E-state index < -0.39 is 0 Å². The van der Waals surface area contributed by atoms with Crippen LogP contribution < -0.4 is 0 Å². The number of rotatable bonds is 2. The Labute approximate surface area is 81.9 Å². The molecule has 0 aliphatic rings. The smallest absolute Gasteiger partial charge is 0.223 e. The second-order valence-corrected chi connectivity index (χ2v) is 3.29. The molecule has 0 fully saturated rings. The monoisotopic (exact) mass is 204 g/mol. The summed E-state index contributed by atoms with van der Waals surface area (Å²) in [7, 11) is 0. The van der Waals surface area contributed by atoms with Crippen molar-refractivity contribution in [3.8, 4) is 0 Å². The normalized spacial score (nSPS) is 10.3. The quantitative estimate of drug-likeness (QED) is 0.547. The third-order valence-electron chi connectivity index (χ3n) is 1.64. The molecular formula is C8H10Cl2N2. The maximum atomic E-state index is 5.88. The number of hydrogen-bond donors (Lipinski definition) is 0. The average Bonchev–Trinajstić information content (AvgIpc) is 1.96. The Bertz CT molecular complexity index is 263. The highest BCUT2D eigenvalue weighted by Gasteiger charge is 2.07. The largest absolute Gasteiger partial charge is 0.224 e. The summed E-state index contributed by atoms with van der Waals surface area (Å²) in [6, 6.07) is 0. The molecule has 0 bridgehead atoms. The summed E-state index contributed by atoms with van der Waals surface area (Å²) in [4.78, 5) is 7.90. The van der Waals surface area contributed by atoms with Crippen molar-refractivity contribution in [3.63, 3.8) is 0 Å². The lowest BCUT2D eigenvalue weighted by molar-refractivity contribution is 0.883. The van der Waals surface area contributed by atoms with E-state index in [4.69, 9.17) is 23.2 Å². The molecule has 0 N–H and O–H groups in total. The van der Waals surface area contributed by atoms with Gasteiger partial charge in [-0.05, 0) is 24.9 Å². The van der Waals surface area contributed by atoms with Crippen LogP contribution >= 0.6 is 23.2 Å².